The van der Waals surface area contributed by atoms with Crippen molar-refractivity contribution >= 4 is 30.5 Å². The quantitative estimate of drug-likeness (QED) is 0.850. The number of hydrogen-bond acceptors (Lipinski definition) is 3. The third-order valence-electron chi connectivity index (χ3n) is 2.16. The molecule has 8 heteroatoms. The molecule has 0 saturated carbocycles. The summed E-state index contributed by atoms with van der Waals surface area (Å²) in [5.74, 6) is -2.37. The summed E-state index contributed by atoms with van der Waals surface area (Å²) in [4.78, 5) is 21.4. The molecule has 1 aromatic carbocycles. The summed E-state index contributed by atoms with van der Waals surface area (Å²) >= 11 is 6.61. The van der Waals surface area contributed by atoms with Gasteiger partial charge in [0.25, 0.3) is 5.91 Å². The van der Waals surface area contributed by atoms with Crippen molar-refractivity contribution in [2.75, 3.05) is 0 Å². The monoisotopic (exact) mass is 307 g/mol. The molecule has 0 aliphatic carbocycles. The van der Waals surface area contributed by atoms with Crippen molar-refractivity contribution in [1.29, 1.82) is 0 Å². The second-order valence-corrected chi connectivity index (χ2v) is 6.46. The molecule has 96 valence electrons. The molecule has 0 radical (unpaired) electrons. The number of hydrogen-bond donors (Lipinski definition) is 2. The summed E-state index contributed by atoms with van der Waals surface area (Å²) in [5.41, 5.74) is 1.17. The van der Waals surface area contributed by atoms with E-state index in [-0.39, 0.29) is 5.01 Å². The second kappa shape index (κ2) is 5.07. The topological polar surface area (TPSA) is 70.4 Å². The van der Waals surface area contributed by atoms with Crippen molar-refractivity contribution in [3.05, 3.63) is 39.7 Å². The van der Waals surface area contributed by atoms with Gasteiger partial charge in [0.2, 0.25) is 0 Å². The van der Waals surface area contributed by atoms with E-state index in [1.165, 1.54) is 0 Å². The zero-order valence-electron chi connectivity index (χ0n) is 8.83. The van der Waals surface area contributed by atoms with Gasteiger partial charge in [-0.3, -0.25) is 4.57 Å². The van der Waals surface area contributed by atoms with E-state index in [0.717, 1.165) is 11.3 Å². The van der Waals surface area contributed by atoms with Crippen LogP contribution in [0.1, 0.15) is 10.9 Å². The van der Waals surface area contributed by atoms with Crippen molar-refractivity contribution in [3.8, 4) is 11.3 Å². The fourth-order valence-corrected chi connectivity index (χ4v) is 3.04. The van der Waals surface area contributed by atoms with Gasteiger partial charge in [0.15, 0.2) is 0 Å². The van der Waals surface area contributed by atoms with E-state index >= 15 is 0 Å². The van der Waals surface area contributed by atoms with Crippen molar-refractivity contribution in [3.63, 3.8) is 0 Å². The number of nitrogens with zero attached hydrogens (tertiary/aromatic N) is 1. The van der Waals surface area contributed by atoms with Crippen LogP contribution >= 0.6 is 30.5 Å². The van der Waals surface area contributed by atoms with Gasteiger partial charge in [-0.15, -0.1) is 11.3 Å². The molecule has 0 aliphatic heterocycles. The van der Waals surface area contributed by atoms with Crippen LogP contribution in [0, 0.1) is 0 Å². The number of benzene rings is 1. The van der Waals surface area contributed by atoms with E-state index < -0.39 is 13.5 Å². The van der Waals surface area contributed by atoms with Crippen molar-refractivity contribution in [2.24, 2.45) is 0 Å². The Morgan fingerprint density at radius 2 is 1.94 bits per heavy atom. The first-order chi connectivity index (χ1) is 8.38. The van der Waals surface area contributed by atoms with Crippen LogP contribution < -0.4 is 0 Å². The van der Waals surface area contributed by atoms with Crippen LogP contribution in [0.4, 0.5) is 4.39 Å². The average Bonchev–Trinajstić information content (AvgIpc) is 2.77. The lowest BCUT2D eigenvalue weighted by atomic mass is 10.2. The highest BCUT2D eigenvalue weighted by atomic mass is 35.5. The average molecular weight is 308 g/mol. The SMILES string of the molecule is O=P(O)(O)C(F)c1nc(-c2ccc(Cl)cc2)cs1. The zero-order valence-corrected chi connectivity index (χ0v) is 11.3. The van der Waals surface area contributed by atoms with E-state index in [0.29, 0.717) is 16.3 Å². The van der Waals surface area contributed by atoms with Gasteiger partial charge in [0.1, 0.15) is 5.01 Å². The molecule has 0 spiro atoms. The van der Waals surface area contributed by atoms with E-state index in [9.17, 15) is 8.96 Å². The van der Waals surface area contributed by atoms with Crippen molar-refractivity contribution in [1.82, 2.24) is 4.98 Å². The lowest BCUT2D eigenvalue weighted by Gasteiger charge is -2.05. The summed E-state index contributed by atoms with van der Waals surface area (Å²) in [6, 6.07) is 6.72. The van der Waals surface area contributed by atoms with Crippen LogP contribution in [0.2, 0.25) is 5.02 Å². The summed E-state index contributed by atoms with van der Waals surface area (Å²) in [5, 5.41) is 1.88. The van der Waals surface area contributed by atoms with Gasteiger partial charge in [-0.05, 0) is 12.1 Å². The van der Waals surface area contributed by atoms with Gasteiger partial charge in [-0.25, -0.2) is 9.37 Å². The first-order valence-electron chi connectivity index (χ1n) is 4.78. The predicted molar refractivity (Wildman–Crippen MR) is 68.5 cm³/mol. The fraction of sp³-hybridized carbons (Fsp3) is 0.100. The molecule has 4 nitrogen and oxygen atoms in total. The molecule has 0 fully saturated rings. The largest absolute Gasteiger partial charge is 0.366 e. The Labute approximate surface area is 111 Å². The first kappa shape index (κ1) is 13.6. The minimum atomic E-state index is -4.80. The van der Waals surface area contributed by atoms with E-state index in [1.807, 2.05) is 0 Å². The summed E-state index contributed by atoms with van der Waals surface area (Å²) in [6.45, 7) is 0. The van der Waals surface area contributed by atoms with E-state index in [1.54, 1.807) is 29.6 Å². The highest BCUT2D eigenvalue weighted by molar-refractivity contribution is 7.52. The minimum Gasteiger partial charge on any atom is -0.322 e. The molecule has 0 bridgehead atoms. The zero-order chi connectivity index (χ0) is 13.3. The van der Waals surface area contributed by atoms with Crippen LogP contribution in [-0.4, -0.2) is 14.8 Å². The number of thiazole rings is 1. The summed E-state index contributed by atoms with van der Waals surface area (Å²) in [7, 11) is -4.80. The fourth-order valence-electron chi connectivity index (χ4n) is 1.29. The third-order valence-corrected chi connectivity index (χ3v) is 4.30. The molecule has 0 saturated heterocycles. The number of halogens is 2. The molecule has 0 aliphatic rings. The maximum Gasteiger partial charge on any atom is 0.366 e. The standard InChI is InChI=1S/C10H8ClFNO3PS/c11-7-3-1-6(2-4-7)8-5-18-10(13-8)9(12)17(14,15)16/h1-5,9H,(H2,14,15,16). The van der Waals surface area contributed by atoms with Crippen molar-refractivity contribution < 1.29 is 18.7 Å². The van der Waals surface area contributed by atoms with Crippen molar-refractivity contribution in [2.45, 2.75) is 5.91 Å². The number of alkyl halides is 1. The molecular weight excluding hydrogens is 300 g/mol. The van der Waals surface area contributed by atoms with Gasteiger partial charge in [-0.1, -0.05) is 23.7 Å². The minimum absolute atomic E-state index is 0.228. The molecule has 1 aromatic heterocycles. The molecule has 2 rings (SSSR count). The third kappa shape index (κ3) is 2.96. The van der Waals surface area contributed by atoms with Gasteiger partial charge in [0.05, 0.1) is 5.69 Å². The molecule has 0 amide bonds. The van der Waals surface area contributed by atoms with E-state index in [4.69, 9.17) is 21.4 Å². The van der Waals surface area contributed by atoms with Gasteiger partial charge < -0.3 is 9.79 Å². The molecule has 1 heterocycles. The Balaban J connectivity index is 2.31. The Bertz CT molecular complexity index is 597. The molecule has 1 unspecified atom stereocenters. The van der Waals surface area contributed by atoms with Crippen LogP contribution in [0.3, 0.4) is 0 Å². The molecule has 2 N–H and O–H groups in total. The van der Waals surface area contributed by atoms with E-state index in [2.05, 4.69) is 4.98 Å². The van der Waals surface area contributed by atoms with Crippen LogP contribution in [-0.2, 0) is 4.57 Å². The van der Waals surface area contributed by atoms with Crippen LogP contribution in [0.15, 0.2) is 29.6 Å². The van der Waals surface area contributed by atoms with Gasteiger partial charge in [0, 0.05) is 16.0 Å². The number of rotatable bonds is 3. The maximum atomic E-state index is 13.4. The Kier molecular flexibility index (Phi) is 3.84. The molecule has 18 heavy (non-hydrogen) atoms. The van der Waals surface area contributed by atoms with Crippen LogP contribution in [0.25, 0.3) is 11.3 Å². The maximum absolute atomic E-state index is 13.4. The van der Waals surface area contributed by atoms with Crippen LogP contribution in [0.5, 0.6) is 0 Å². The summed E-state index contributed by atoms with van der Waals surface area (Å²) < 4.78 is 24.2. The lowest BCUT2D eigenvalue weighted by Crippen LogP contribution is -1.92. The molecular formula is C10H8ClFNO3PS. The smallest absolute Gasteiger partial charge is 0.322 e. The lowest BCUT2D eigenvalue weighted by molar-refractivity contribution is 0.303. The second-order valence-electron chi connectivity index (χ2n) is 3.50. The Morgan fingerprint density at radius 3 is 2.50 bits per heavy atom. The normalized spacial score (nSPS) is 13.6. The predicted octanol–water partition coefficient (Wildman–Crippen LogP) is 3.61. The van der Waals surface area contributed by atoms with Gasteiger partial charge in [-0.2, -0.15) is 0 Å². The molecule has 1 atom stereocenters. The summed E-state index contributed by atoms with van der Waals surface area (Å²) in [6.07, 6.45) is 0. The number of aromatic nitrogens is 1. The Morgan fingerprint density at radius 1 is 1.33 bits per heavy atom. The molecule has 2 aromatic rings. The Hall–Kier alpha value is -0.780. The highest BCUT2D eigenvalue weighted by Crippen LogP contribution is 2.53. The highest BCUT2D eigenvalue weighted by Gasteiger charge is 2.33. The van der Waals surface area contributed by atoms with Gasteiger partial charge >= 0.3 is 7.60 Å². The first-order valence-corrected chi connectivity index (χ1v) is 7.72.